The predicted octanol–water partition coefficient (Wildman–Crippen LogP) is 3.85. The van der Waals surface area contributed by atoms with Crippen molar-refractivity contribution in [2.45, 2.75) is 77.4 Å². The largest absolute Gasteiger partial charge is 0.480 e. The number of carbonyl (C=O) groups excluding carboxylic acids is 4. The van der Waals surface area contributed by atoms with Crippen molar-refractivity contribution < 1.29 is 43.9 Å². The van der Waals surface area contributed by atoms with Gasteiger partial charge in [0.05, 0.1) is 4.92 Å². The second-order valence-electron chi connectivity index (χ2n) is 13.2. The number of carboxylic acid groups (broad SMARTS) is 2. The van der Waals surface area contributed by atoms with Gasteiger partial charge in [0.15, 0.2) is 0 Å². The van der Waals surface area contributed by atoms with Gasteiger partial charge in [0, 0.05) is 49.3 Å². The van der Waals surface area contributed by atoms with Crippen LogP contribution >= 0.6 is 0 Å². The van der Waals surface area contributed by atoms with Crippen molar-refractivity contribution in [2.24, 2.45) is 5.41 Å². The summed E-state index contributed by atoms with van der Waals surface area (Å²) in [6.45, 7) is 7.06. The molecule has 3 rings (SSSR count). The molecule has 1 fully saturated rings. The zero-order valence-corrected chi connectivity index (χ0v) is 28.2. The maximum atomic E-state index is 13.3. The minimum absolute atomic E-state index is 0.0906. The molecule has 1 saturated heterocycles. The summed E-state index contributed by atoms with van der Waals surface area (Å²) < 4.78 is 0. The van der Waals surface area contributed by atoms with E-state index in [4.69, 9.17) is 0 Å². The number of likely N-dealkylation sites (tertiary alicyclic amines) is 1. The highest BCUT2D eigenvalue weighted by Crippen LogP contribution is 2.33. The molecule has 0 saturated carbocycles. The molecule has 1 aliphatic heterocycles. The molecule has 0 spiro atoms. The average molecular weight is 695 g/mol. The van der Waals surface area contributed by atoms with Crippen molar-refractivity contribution in [2.75, 3.05) is 17.2 Å². The number of benzene rings is 2. The van der Waals surface area contributed by atoms with Gasteiger partial charge in [0.25, 0.3) is 5.69 Å². The maximum absolute atomic E-state index is 13.3. The molecular weight excluding hydrogens is 652 g/mol. The summed E-state index contributed by atoms with van der Waals surface area (Å²) in [5.41, 5.74) is 1.14. The Bertz CT molecular complexity index is 1620. The van der Waals surface area contributed by atoms with E-state index < -0.39 is 52.8 Å². The number of nitro groups is 1. The number of hydrogen-bond donors (Lipinski definition) is 6. The minimum atomic E-state index is -1.35. The van der Waals surface area contributed by atoms with Gasteiger partial charge in [-0.15, -0.1) is 0 Å². The summed E-state index contributed by atoms with van der Waals surface area (Å²) in [6.07, 6.45) is 2.95. The van der Waals surface area contributed by atoms with Crippen molar-refractivity contribution in [3.05, 3.63) is 76.4 Å². The molecule has 0 radical (unpaired) electrons. The van der Waals surface area contributed by atoms with Crippen molar-refractivity contribution in [1.82, 2.24) is 15.5 Å². The number of hydrogen-bond acceptors (Lipinski definition) is 8. The van der Waals surface area contributed by atoms with Crippen LogP contribution in [-0.4, -0.2) is 80.4 Å². The summed E-state index contributed by atoms with van der Waals surface area (Å²) in [4.78, 5) is 85.6. The number of rotatable bonds is 14. The number of nitro benzene ring substituents is 1. The fourth-order valence-corrected chi connectivity index (χ4v) is 5.38. The highest BCUT2D eigenvalue weighted by molar-refractivity contribution is 5.99. The number of aliphatic carboxylic acids is 2. The van der Waals surface area contributed by atoms with Crippen molar-refractivity contribution >= 4 is 52.8 Å². The monoisotopic (exact) mass is 694 g/mol. The van der Waals surface area contributed by atoms with E-state index in [0.717, 1.165) is 5.56 Å². The van der Waals surface area contributed by atoms with Crippen LogP contribution in [0.15, 0.2) is 60.7 Å². The van der Waals surface area contributed by atoms with E-state index in [2.05, 4.69) is 21.3 Å². The first-order chi connectivity index (χ1) is 23.4. The van der Waals surface area contributed by atoms with E-state index in [1.54, 1.807) is 24.3 Å². The third-order valence-electron chi connectivity index (χ3n) is 7.83. The molecule has 268 valence electrons. The first kappa shape index (κ1) is 38.6. The van der Waals surface area contributed by atoms with Crippen LogP contribution in [0.5, 0.6) is 0 Å². The van der Waals surface area contributed by atoms with Gasteiger partial charge in [-0.25, -0.2) is 14.4 Å². The minimum Gasteiger partial charge on any atom is -0.480 e. The summed E-state index contributed by atoms with van der Waals surface area (Å²) >= 11 is 0. The van der Waals surface area contributed by atoms with E-state index in [1.165, 1.54) is 48.2 Å². The second kappa shape index (κ2) is 17.0. The molecule has 4 atom stereocenters. The Labute approximate surface area is 288 Å². The Balaban J connectivity index is 1.58. The van der Waals surface area contributed by atoms with Crippen molar-refractivity contribution in [3.8, 4) is 0 Å². The zero-order valence-electron chi connectivity index (χ0n) is 28.2. The van der Waals surface area contributed by atoms with Crippen LogP contribution in [0.25, 0.3) is 0 Å². The molecule has 1 heterocycles. The lowest BCUT2D eigenvalue weighted by atomic mass is 9.92. The standard InChI is InChI=1S/C34H42N6O10/c1-20(41)39-19-22(21-9-11-23(12-10-21)35-33(48)36-24-13-15-25(16-14-24)40(49)50)17-28(39)30(43)38-27(32(46)47)8-6-5-7-26(31(44)45)37-29(42)18-34(2,3)4/h5-6,9-16,22,26-28H,7-8,17-19H2,1-4H3,(H,37,42)(H,38,43)(H,44,45)(H,46,47)(H2,35,36,48). The summed E-state index contributed by atoms with van der Waals surface area (Å²) in [5, 5.41) is 40.2. The summed E-state index contributed by atoms with van der Waals surface area (Å²) in [7, 11) is 0. The SMILES string of the molecule is CC(=O)N1CC(c2ccc(NC(=O)Nc3ccc([N+](=O)[O-])cc3)cc2)CC1C(=O)NC(CC=CCC(NC(=O)CC(C)(C)C)C(=O)O)C(=O)O. The van der Waals surface area contributed by atoms with Crippen LogP contribution in [0.1, 0.15) is 64.9 Å². The lowest BCUT2D eigenvalue weighted by Crippen LogP contribution is -2.50. The van der Waals surface area contributed by atoms with Gasteiger partial charge in [0.2, 0.25) is 17.7 Å². The Morgan fingerprint density at radius 3 is 1.84 bits per heavy atom. The van der Waals surface area contributed by atoms with Crippen molar-refractivity contribution in [3.63, 3.8) is 0 Å². The highest BCUT2D eigenvalue weighted by atomic mass is 16.6. The molecule has 2 aromatic rings. The first-order valence-corrected chi connectivity index (χ1v) is 15.8. The zero-order chi connectivity index (χ0) is 37.2. The lowest BCUT2D eigenvalue weighted by molar-refractivity contribution is -0.384. The third kappa shape index (κ3) is 11.7. The number of anilines is 2. The molecule has 0 bridgehead atoms. The molecule has 16 nitrogen and oxygen atoms in total. The van der Waals surface area contributed by atoms with Gasteiger partial charge in [0.1, 0.15) is 18.1 Å². The van der Waals surface area contributed by atoms with Crippen LogP contribution in [0.2, 0.25) is 0 Å². The second-order valence-corrected chi connectivity index (χ2v) is 13.2. The summed E-state index contributed by atoms with van der Waals surface area (Å²) in [5.74, 6) is -4.26. The van der Waals surface area contributed by atoms with E-state index in [-0.39, 0.29) is 55.2 Å². The van der Waals surface area contributed by atoms with Gasteiger partial charge in [-0.3, -0.25) is 24.5 Å². The normalized spacial score (nSPS) is 17.0. The molecule has 5 amide bonds. The maximum Gasteiger partial charge on any atom is 0.326 e. The number of amides is 5. The molecule has 6 N–H and O–H groups in total. The van der Waals surface area contributed by atoms with Gasteiger partial charge in [-0.2, -0.15) is 0 Å². The van der Waals surface area contributed by atoms with Crippen LogP contribution in [-0.2, 0) is 24.0 Å². The number of nitrogens with one attached hydrogen (secondary N) is 4. The quantitative estimate of drug-likeness (QED) is 0.0948. The number of carbonyl (C=O) groups is 6. The Morgan fingerprint density at radius 1 is 0.880 bits per heavy atom. The fourth-order valence-electron chi connectivity index (χ4n) is 5.38. The molecular formula is C34H42N6O10. The molecule has 1 aliphatic rings. The number of non-ortho nitro benzene ring substituents is 1. The first-order valence-electron chi connectivity index (χ1n) is 15.8. The molecule has 16 heteroatoms. The molecule has 50 heavy (non-hydrogen) atoms. The fraction of sp³-hybridized carbons (Fsp3) is 0.412. The van der Waals surface area contributed by atoms with Crippen molar-refractivity contribution in [1.29, 1.82) is 0 Å². The van der Waals surface area contributed by atoms with Gasteiger partial charge in [-0.1, -0.05) is 45.1 Å². The number of carboxylic acids is 2. The van der Waals surface area contributed by atoms with E-state index in [1.807, 2.05) is 20.8 Å². The van der Waals surface area contributed by atoms with E-state index in [9.17, 15) is 49.1 Å². The Hall–Kier alpha value is -5.80. The third-order valence-corrected chi connectivity index (χ3v) is 7.83. The topological polar surface area (TPSA) is 237 Å². The van der Waals surface area contributed by atoms with Crippen LogP contribution in [0.3, 0.4) is 0 Å². The van der Waals surface area contributed by atoms with E-state index >= 15 is 0 Å². The van der Waals surface area contributed by atoms with Crippen LogP contribution in [0.4, 0.5) is 21.9 Å². The smallest absolute Gasteiger partial charge is 0.326 e. The summed E-state index contributed by atoms with van der Waals surface area (Å²) in [6, 6.07) is 8.04. The molecule has 4 unspecified atom stereocenters. The molecule has 2 aromatic carbocycles. The average Bonchev–Trinajstić information content (AvgIpc) is 3.47. The lowest BCUT2D eigenvalue weighted by Gasteiger charge is -2.24. The number of urea groups is 1. The molecule has 0 aliphatic carbocycles. The highest BCUT2D eigenvalue weighted by Gasteiger charge is 2.40. The Morgan fingerprint density at radius 2 is 1.38 bits per heavy atom. The number of nitrogens with zero attached hydrogens (tertiary/aromatic N) is 2. The van der Waals surface area contributed by atoms with Gasteiger partial charge in [-0.05, 0) is 54.5 Å². The predicted molar refractivity (Wildman–Crippen MR) is 182 cm³/mol. The van der Waals surface area contributed by atoms with Gasteiger partial charge < -0.3 is 36.4 Å². The van der Waals surface area contributed by atoms with E-state index in [0.29, 0.717) is 11.4 Å². The van der Waals surface area contributed by atoms with Crippen LogP contribution in [0, 0.1) is 15.5 Å². The van der Waals surface area contributed by atoms with Crippen LogP contribution < -0.4 is 21.3 Å². The Kier molecular flexibility index (Phi) is 13.2. The molecule has 0 aromatic heterocycles. The van der Waals surface area contributed by atoms with Gasteiger partial charge >= 0.3 is 18.0 Å².